The third kappa shape index (κ3) is 6.41. The molecule has 0 aliphatic rings. The number of hydrogen-bond acceptors (Lipinski definition) is 5. The number of amides is 1. The summed E-state index contributed by atoms with van der Waals surface area (Å²) in [7, 11) is 4.68. The fraction of sp³-hybridized carbons (Fsp3) is 0.250. The van der Waals surface area contributed by atoms with E-state index in [4.69, 9.17) is 25.8 Å². The van der Waals surface area contributed by atoms with Crippen molar-refractivity contribution in [2.45, 2.75) is 4.90 Å². The Bertz CT molecular complexity index is 793. The minimum absolute atomic E-state index is 0.177. The predicted octanol–water partition coefficient (Wildman–Crippen LogP) is 4.29. The van der Waals surface area contributed by atoms with Crippen molar-refractivity contribution in [3.63, 3.8) is 0 Å². The van der Waals surface area contributed by atoms with Crippen LogP contribution in [0.4, 0.5) is 0 Å². The average Bonchev–Trinajstić information content (AvgIpc) is 2.70. The monoisotopic (exact) mass is 407 g/mol. The van der Waals surface area contributed by atoms with Gasteiger partial charge in [-0.15, -0.1) is 11.8 Å². The molecule has 144 valence electrons. The van der Waals surface area contributed by atoms with Crippen LogP contribution in [0.5, 0.6) is 17.2 Å². The van der Waals surface area contributed by atoms with Crippen LogP contribution in [0.3, 0.4) is 0 Å². The Kier molecular flexibility index (Phi) is 8.36. The molecule has 0 aliphatic carbocycles. The lowest BCUT2D eigenvalue weighted by molar-refractivity contribution is -0.116. The molecule has 0 aromatic heterocycles. The van der Waals surface area contributed by atoms with E-state index in [0.717, 1.165) is 16.2 Å². The summed E-state index contributed by atoms with van der Waals surface area (Å²) >= 11 is 7.51. The number of thioether (sulfide) groups is 1. The largest absolute Gasteiger partial charge is 0.496 e. The molecule has 2 rings (SSSR count). The zero-order valence-electron chi connectivity index (χ0n) is 15.5. The Hall–Kier alpha value is -2.31. The highest BCUT2D eigenvalue weighted by atomic mass is 35.5. The van der Waals surface area contributed by atoms with E-state index in [1.807, 2.05) is 24.3 Å². The molecule has 0 unspecified atom stereocenters. The smallest absolute Gasteiger partial charge is 0.244 e. The SMILES string of the molecule is COc1cc(OC)c(OC)cc1/C=C/C(=O)NCCSc1ccc(Cl)cc1. The summed E-state index contributed by atoms with van der Waals surface area (Å²) in [6.07, 6.45) is 3.15. The average molecular weight is 408 g/mol. The Morgan fingerprint density at radius 2 is 1.67 bits per heavy atom. The van der Waals surface area contributed by atoms with Gasteiger partial charge in [-0.25, -0.2) is 0 Å². The van der Waals surface area contributed by atoms with E-state index in [-0.39, 0.29) is 5.91 Å². The summed E-state index contributed by atoms with van der Waals surface area (Å²) < 4.78 is 15.9. The van der Waals surface area contributed by atoms with E-state index in [1.54, 1.807) is 51.3 Å². The molecule has 0 fully saturated rings. The first kappa shape index (κ1) is 21.0. The summed E-state index contributed by atoms with van der Waals surface area (Å²) in [5.74, 6) is 2.31. The molecule has 0 saturated carbocycles. The second-order valence-electron chi connectivity index (χ2n) is 5.38. The predicted molar refractivity (Wildman–Crippen MR) is 110 cm³/mol. The van der Waals surface area contributed by atoms with Gasteiger partial charge in [-0.3, -0.25) is 4.79 Å². The molecule has 0 aliphatic heterocycles. The molecule has 2 aromatic carbocycles. The normalized spacial score (nSPS) is 10.7. The van der Waals surface area contributed by atoms with E-state index in [2.05, 4.69) is 5.32 Å². The Labute approximate surface area is 168 Å². The number of ether oxygens (including phenoxy) is 3. The lowest BCUT2D eigenvalue weighted by Gasteiger charge is -2.12. The van der Waals surface area contributed by atoms with Crippen LogP contribution in [-0.2, 0) is 4.79 Å². The van der Waals surface area contributed by atoms with Gasteiger partial charge in [0.05, 0.1) is 21.3 Å². The van der Waals surface area contributed by atoms with E-state index < -0.39 is 0 Å². The zero-order chi connectivity index (χ0) is 19.6. The van der Waals surface area contributed by atoms with Crippen molar-refractivity contribution < 1.29 is 19.0 Å². The molecule has 27 heavy (non-hydrogen) atoms. The lowest BCUT2D eigenvalue weighted by atomic mass is 10.1. The number of benzene rings is 2. The Balaban J connectivity index is 1.89. The van der Waals surface area contributed by atoms with Crippen molar-refractivity contribution in [3.8, 4) is 17.2 Å². The molecule has 0 saturated heterocycles. The minimum atomic E-state index is -0.177. The zero-order valence-corrected chi connectivity index (χ0v) is 17.0. The molecule has 7 heteroatoms. The van der Waals surface area contributed by atoms with Gasteiger partial charge in [0.25, 0.3) is 0 Å². The first-order chi connectivity index (χ1) is 13.1. The van der Waals surface area contributed by atoms with Crippen LogP contribution < -0.4 is 19.5 Å². The maximum absolute atomic E-state index is 12.0. The highest BCUT2D eigenvalue weighted by molar-refractivity contribution is 7.99. The summed E-state index contributed by atoms with van der Waals surface area (Å²) in [4.78, 5) is 13.1. The van der Waals surface area contributed by atoms with Crippen LogP contribution in [0.1, 0.15) is 5.56 Å². The molecular weight excluding hydrogens is 386 g/mol. The van der Waals surface area contributed by atoms with Crippen molar-refractivity contribution in [2.75, 3.05) is 33.6 Å². The van der Waals surface area contributed by atoms with Crippen molar-refractivity contribution >= 4 is 35.3 Å². The Morgan fingerprint density at radius 1 is 1.04 bits per heavy atom. The summed E-state index contributed by atoms with van der Waals surface area (Å²) in [6, 6.07) is 11.1. The highest BCUT2D eigenvalue weighted by Gasteiger charge is 2.10. The van der Waals surface area contributed by atoms with Gasteiger partial charge >= 0.3 is 0 Å². The van der Waals surface area contributed by atoms with Crippen LogP contribution in [-0.4, -0.2) is 39.5 Å². The van der Waals surface area contributed by atoms with Crippen LogP contribution in [0, 0.1) is 0 Å². The van der Waals surface area contributed by atoms with Crippen molar-refractivity contribution in [3.05, 3.63) is 53.1 Å². The van der Waals surface area contributed by atoms with Crippen LogP contribution in [0.25, 0.3) is 6.08 Å². The second kappa shape index (κ2) is 10.7. The van der Waals surface area contributed by atoms with Gasteiger partial charge < -0.3 is 19.5 Å². The number of carbonyl (C=O) groups is 1. The number of rotatable bonds is 9. The lowest BCUT2D eigenvalue weighted by Crippen LogP contribution is -2.23. The maximum atomic E-state index is 12.0. The van der Waals surface area contributed by atoms with E-state index in [0.29, 0.717) is 28.8 Å². The highest BCUT2D eigenvalue weighted by Crippen LogP contribution is 2.35. The first-order valence-corrected chi connectivity index (χ1v) is 9.58. The summed E-state index contributed by atoms with van der Waals surface area (Å²) in [6.45, 7) is 0.555. The topological polar surface area (TPSA) is 56.8 Å². The molecule has 0 spiro atoms. The molecule has 2 aromatic rings. The van der Waals surface area contributed by atoms with Gasteiger partial charge in [0.2, 0.25) is 5.91 Å². The van der Waals surface area contributed by atoms with Crippen molar-refractivity contribution in [1.82, 2.24) is 5.32 Å². The fourth-order valence-corrected chi connectivity index (χ4v) is 3.18. The summed E-state index contributed by atoms with van der Waals surface area (Å²) in [5.41, 5.74) is 0.723. The first-order valence-electron chi connectivity index (χ1n) is 8.21. The third-order valence-corrected chi connectivity index (χ3v) is 4.90. The Morgan fingerprint density at radius 3 is 2.30 bits per heavy atom. The molecule has 0 heterocycles. The van der Waals surface area contributed by atoms with E-state index in [9.17, 15) is 4.79 Å². The molecule has 0 bridgehead atoms. The standard InChI is InChI=1S/C20H22ClNO4S/c1-24-17-13-19(26-3)18(25-2)12-14(17)4-9-20(23)22-10-11-27-16-7-5-15(21)6-8-16/h4-9,12-13H,10-11H2,1-3H3,(H,22,23)/b9-4+. The van der Waals surface area contributed by atoms with Gasteiger partial charge in [-0.1, -0.05) is 11.6 Å². The molecule has 1 N–H and O–H groups in total. The molecular formula is C20H22ClNO4S. The van der Waals surface area contributed by atoms with Gasteiger partial charge in [-0.05, 0) is 36.4 Å². The second-order valence-corrected chi connectivity index (χ2v) is 6.98. The van der Waals surface area contributed by atoms with E-state index >= 15 is 0 Å². The van der Waals surface area contributed by atoms with Gasteiger partial charge in [0.1, 0.15) is 5.75 Å². The number of carbonyl (C=O) groups excluding carboxylic acids is 1. The van der Waals surface area contributed by atoms with Crippen LogP contribution >= 0.6 is 23.4 Å². The minimum Gasteiger partial charge on any atom is -0.496 e. The van der Waals surface area contributed by atoms with Crippen LogP contribution in [0.2, 0.25) is 5.02 Å². The summed E-state index contributed by atoms with van der Waals surface area (Å²) in [5, 5.41) is 3.57. The maximum Gasteiger partial charge on any atom is 0.244 e. The number of nitrogens with one attached hydrogen (secondary N) is 1. The molecule has 0 atom stereocenters. The van der Waals surface area contributed by atoms with Crippen molar-refractivity contribution in [1.29, 1.82) is 0 Å². The number of methoxy groups -OCH3 is 3. The van der Waals surface area contributed by atoms with Crippen LogP contribution in [0.15, 0.2) is 47.4 Å². The molecule has 0 radical (unpaired) electrons. The number of hydrogen-bond donors (Lipinski definition) is 1. The van der Waals surface area contributed by atoms with Crippen molar-refractivity contribution in [2.24, 2.45) is 0 Å². The van der Waals surface area contributed by atoms with E-state index in [1.165, 1.54) is 6.08 Å². The van der Waals surface area contributed by atoms with Gasteiger partial charge in [0.15, 0.2) is 11.5 Å². The third-order valence-electron chi connectivity index (χ3n) is 3.63. The van der Waals surface area contributed by atoms with Gasteiger partial charge in [-0.2, -0.15) is 0 Å². The molecule has 5 nitrogen and oxygen atoms in total. The molecule has 1 amide bonds. The number of halogens is 1. The quantitative estimate of drug-likeness (QED) is 0.382. The fourth-order valence-electron chi connectivity index (χ4n) is 2.28. The van der Waals surface area contributed by atoms with Gasteiger partial charge in [0, 0.05) is 39.9 Å².